The van der Waals surface area contributed by atoms with E-state index in [1.54, 1.807) is 24.3 Å². The van der Waals surface area contributed by atoms with E-state index in [1.165, 1.54) is 0 Å². The summed E-state index contributed by atoms with van der Waals surface area (Å²) in [6.45, 7) is 0.0516. The van der Waals surface area contributed by atoms with E-state index in [0.29, 0.717) is 20.8 Å². The molecule has 0 radical (unpaired) electrons. The van der Waals surface area contributed by atoms with Gasteiger partial charge in [0.15, 0.2) is 0 Å². The minimum Gasteiger partial charge on any atom is -0.374 e. The summed E-state index contributed by atoms with van der Waals surface area (Å²) in [6, 6.07) is 12.3. The van der Waals surface area contributed by atoms with E-state index in [9.17, 15) is 4.79 Å². The molecule has 0 aromatic heterocycles. The molecule has 104 valence electrons. The second-order valence-corrected chi connectivity index (χ2v) is 5.26. The Balaban J connectivity index is 1.97. The van der Waals surface area contributed by atoms with Gasteiger partial charge in [0.25, 0.3) is 0 Å². The SMILES string of the molecule is O=C(CNc1c(Cl)cc(Cl)cc1Cl)Nc1ccccc1. The highest BCUT2D eigenvalue weighted by molar-refractivity contribution is 6.41. The molecule has 1 amide bonds. The van der Waals surface area contributed by atoms with Crippen LogP contribution in [0, 0.1) is 0 Å². The van der Waals surface area contributed by atoms with Gasteiger partial charge in [-0.15, -0.1) is 0 Å². The number of halogens is 3. The topological polar surface area (TPSA) is 41.1 Å². The molecule has 0 aliphatic heterocycles. The molecular weight excluding hydrogens is 319 g/mol. The molecule has 0 saturated heterocycles. The lowest BCUT2D eigenvalue weighted by Crippen LogP contribution is -2.21. The van der Waals surface area contributed by atoms with Gasteiger partial charge in [-0.2, -0.15) is 0 Å². The van der Waals surface area contributed by atoms with Crippen LogP contribution < -0.4 is 10.6 Å². The van der Waals surface area contributed by atoms with Crippen molar-refractivity contribution >= 4 is 52.1 Å². The lowest BCUT2D eigenvalue weighted by Gasteiger charge is -2.11. The van der Waals surface area contributed by atoms with E-state index in [0.717, 1.165) is 5.69 Å². The fourth-order valence-corrected chi connectivity index (χ4v) is 2.56. The molecule has 0 heterocycles. The molecule has 2 rings (SSSR count). The first kappa shape index (κ1) is 15.0. The molecule has 0 aliphatic rings. The third kappa shape index (κ3) is 4.04. The summed E-state index contributed by atoms with van der Waals surface area (Å²) in [6.07, 6.45) is 0. The van der Waals surface area contributed by atoms with Crippen molar-refractivity contribution in [3.63, 3.8) is 0 Å². The first-order chi connectivity index (χ1) is 9.56. The number of amides is 1. The Labute approximate surface area is 131 Å². The molecule has 0 atom stereocenters. The minimum atomic E-state index is -0.196. The highest BCUT2D eigenvalue weighted by Crippen LogP contribution is 2.33. The number of carbonyl (C=O) groups excluding carboxylic acids is 1. The van der Waals surface area contributed by atoms with Crippen LogP contribution in [-0.4, -0.2) is 12.5 Å². The van der Waals surface area contributed by atoms with Crippen molar-refractivity contribution in [1.29, 1.82) is 0 Å². The summed E-state index contributed by atoms with van der Waals surface area (Å²) in [5.74, 6) is -0.196. The van der Waals surface area contributed by atoms with Crippen LogP contribution in [0.1, 0.15) is 0 Å². The number of carbonyl (C=O) groups is 1. The highest BCUT2D eigenvalue weighted by atomic mass is 35.5. The first-order valence-electron chi connectivity index (χ1n) is 5.79. The summed E-state index contributed by atoms with van der Waals surface area (Å²) in [4.78, 5) is 11.8. The van der Waals surface area contributed by atoms with Crippen LogP contribution in [0.4, 0.5) is 11.4 Å². The molecule has 0 fully saturated rings. The van der Waals surface area contributed by atoms with E-state index in [1.807, 2.05) is 18.2 Å². The Bertz CT molecular complexity index is 594. The van der Waals surface area contributed by atoms with Crippen LogP contribution >= 0.6 is 34.8 Å². The maximum absolute atomic E-state index is 11.8. The molecule has 3 nitrogen and oxygen atoms in total. The summed E-state index contributed by atoms with van der Waals surface area (Å²) in [5, 5.41) is 6.83. The van der Waals surface area contributed by atoms with Crippen molar-refractivity contribution in [3.05, 3.63) is 57.5 Å². The predicted octanol–water partition coefficient (Wildman–Crippen LogP) is 4.70. The summed E-state index contributed by atoms with van der Waals surface area (Å²) in [7, 11) is 0. The third-order valence-electron chi connectivity index (χ3n) is 2.49. The molecule has 20 heavy (non-hydrogen) atoms. The number of hydrogen-bond acceptors (Lipinski definition) is 2. The molecule has 0 unspecified atom stereocenters. The van der Waals surface area contributed by atoms with Crippen LogP contribution in [0.2, 0.25) is 15.1 Å². The van der Waals surface area contributed by atoms with E-state index in [-0.39, 0.29) is 12.5 Å². The third-order valence-corrected chi connectivity index (χ3v) is 3.30. The van der Waals surface area contributed by atoms with Crippen molar-refractivity contribution < 1.29 is 4.79 Å². The Hall–Kier alpha value is -1.42. The van der Waals surface area contributed by atoms with Gasteiger partial charge in [0.2, 0.25) is 5.91 Å². The monoisotopic (exact) mass is 328 g/mol. The van der Waals surface area contributed by atoms with Gasteiger partial charge in [-0.1, -0.05) is 53.0 Å². The van der Waals surface area contributed by atoms with Gasteiger partial charge in [-0.05, 0) is 24.3 Å². The zero-order valence-corrected chi connectivity index (χ0v) is 12.6. The van der Waals surface area contributed by atoms with Gasteiger partial charge in [-0.25, -0.2) is 0 Å². The molecule has 0 aliphatic carbocycles. The number of para-hydroxylation sites is 1. The quantitative estimate of drug-likeness (QED) is 0.854. The molecule has 2 aromatic rings. The van der Waals surface area contributed by atoms with Gasteiger partial charge < -0.3 is 10.6 Å². The number of benzene rings is 2. The van der Waals surface area contributed by atoms with Crippen molar-refractivity contribution in [1.82, 2.24) is 0 Å². The average molecular weight is 330 g/mol. The Morgan fingerprint density at radius 1 is 1.00 bits per heavy atom. The lowest BCUT2D eigenvalue weighted by atomic mass is 10.3. The number of nitrogens with one attached hydrogen (secondary N) is 2. The second-order valence-electron chi connectivity index (χ2n) is 4.01. The molecule has 6 heteroatoms. The van der Waals surface area contributed by atoms with E-state index in [2.05, 4.69) is 10.6 Å². The van der Waals surface area contributed by atoms with Gasteiger partial charge in [0.05, 0.1) is 22.3 Å². The van der Waals surface area contributed by atoms with Crippen LogP contribution in [0.3, 0.4) is 0 Å². The Morgan fingerprint density at radius 2 is 1.60 bits per heavy atom. The molecule has 2 N–H and O–H groups in total. The summed E-state index contributed by atoms with van der Waals surface area (Å²) >= 11 is 17.8. The smallest absolute Gasteiger partial charge is 0.243 e. The normalized spacial score (nSPS) is 10.2. The van der Waals surface area contributed by atoms with Gasteiger partial charge in [0, 0.05) is 10.7 Å². The molecule has 0 saturated carbocycles. The number of rotatable bonds is 4. The van der Waals surface area contributed by atoms with E-state index in [4.69, 9.17) is 34.8 Å². The van der Waals surface area contributed by atoms with Crippen LogP contribution in [-0.2, 0) is 4.79 Å². The fraction of sp³-hybridized carbons (Fsp3) is 0.0714. The summed E-state index contributed by atoms with van der Waals surface area (Å²) < 4.78 is 0. The van der Waals surface area contributed by atoms with Crippen molar-refractivity contribution in [2.45, 2.75) is 0 Å². The van der Waals surface area contributed by atoms with Crippen molar-refractivity contribution in [2.24, 2.45) is 0 Å². The van der Waals surface area contributed by atoms with E-state index >= 15 is 0 Å². The second kappa shape index (κ2) is 6.84. The zero-order chi connectivity index (χ0) is 14.5. The average Bonchev–Trinajstić information content (AvgIpc) is 2.38. The molecular formula is C14H11Cl3N2O. The maximum atomic E-state index is 11.8. The maximum Gasteiger partial charge on any atom is 0.243 e. The highest BCUT2D eigenvalue weighted by Gasteiger charge is 2.09. The lowest BCUT2D eigenvalue weighted by molar-refractivity contribution is -0.114. The van der Waals surface area contributed by atoms with Crippen LogP contribution in [0.15, 0.2) is 42.5 Å². The van der Waals surface area contributed by atoms with Crippen molar-refractivity contribution in [3.8, 4) is 0 Å². The van der Waals surface area contributed by atoms with Gasteiger partial charge in [0.1, 0.15) is 0 Å². The zero-order valence-electron chi connectivity index (χ0n) is 10.3. The fourth-order valence-electron chi connectivity index (χ4n) is 1.61. The van der Waals surface area contributed by atoms with Crippen LogP contribution in [0.25, 0.3) is 0 Å². The van der Waals surface area contributed by atoms with E-state index < -0.39 is 0 Å². The number of hydrogen-bond donors (Lipinski definition) is 2. The molecule has 0 spiro atoms. The van der Waals surface area contributed by atoms with Gasteiger partial charge >= 0.3 is 0 Å². The summed E-state index contributed by atoms with van der Waals surface area (Å²) in [5.41, 5.74) is 1.22. The first-order valence-corrected chi connectivity index (χ1v) is 6.93. The minimum absolute atomic E-state index is 0.0516. The largest absolute Gasteiger partial charge is 0.374 e. The number of anilines is 2. The van der Waals surface area contributed by atoms with Crippen molar-refractivity contribution in [2.75, 3.05) is 17.2 Å². The van der Waals surface area contributed by atoms with Crippen LogP contribution in [0.5, 0.6) is 0 Å². The van der Waals surface area contributed by atoms with Gasteiger partial charge in [-0.3, -0.25) is 4.79 Å². The Kier molecular flexibility index (Phi) is 5.12. The standard InChI is InChI=1S/C14H11Cl3N2O/c15-9-6-11(16)14(12(17)7-9)18-8-13(20)19-10-4-2-1-3-5-10/h1-7,18H,8H2,(H,19,20). The Morgan fingerprint density at radius 3 is 2.20 bits per heavy atom. The predicted molar refractivity (Wildman–Crippen MR) is 85.0 cm³/mol. The molecule has 0 bridgehead atoms. The molecule has 2 aromatic carbocycles.